The maximum absolute atomic E-state index is 14.5. The maximum atomic E-state index is 14.5. The third-order valence-electron chi connectivity index (χ3n) is 21.8. The van der Waals surface area contributed by atoms with Gasteiger partial charge < -0.3 is 41.4 Å². The third kappa shape index (κ3) is 11.6. The summed E-state index contributed by atoms with van der Waals surface area (Å²) >= 11 is 0. The molecule has 464 valence electrons. The first kappa shape index (κ1) is 60.0. The molecule has 15 atom stereocenters. The highest BCUT2D eigenvalue weighted by molar-refractivity contribution is 7.86. The molecule has 4 aliphatic carbocycles. The van der Waals surface area contributed by atoms with Crippen LogP contribution in [0, 0.1) is 41.4 Å². The van der Waals surface area contributed by atoms with Crippen LogP contribution in [0.4, 0.5) is 0 Å². The molecule has 1 saturated carbocycles. The Hall–Kier alpha value is -7.54. The van der Waals surface area contributed by atoms with Crippen LogP contribution in [-0.2, 0) is 33.4 Å². The molecule has 10 bridgehead atoms. The van der Waals surface area contributed by atoms with Crippen molar-refractivity contribution in [1.29, 1.82) is 0 Å². The molecule has 5 heterocycles. The number of aliphatic imine (C=N–C) groups is 1. The average molecular weight is 1220 g/mol. The molecule has 7 aromatic rings. The molecular weight excluding hydrogens is 1140 g/mol. The molecule has 9 N–H and O–H groups in total. The summed E-state index contributed by atoms with van der Waals surface area (Å²) in [6, 6.07) is 50.5. The molecule has 13 heteroatoms. The van der Waals surface area contributed by atoms with Crippen LogP contribution in [0.15, 0.2) is 174 Å². The molecule has 0 amide bonds. The second-order valence-corrected chi connectivity index (χ2v) is 29.0. The molecule has 1 saturated heterocycles. The van der Waals surface area contributed by atoms with Crippen molar-refractivity contribution in [3.8, 4) is 23.3 Å². The Labute approximate surface area is 528 Å². The van der Waals surface area contributed by atoms with Gasteiger partial charge in [-0.2, -0.15) is 8.42 Å². The average Bonchev–Trinajstić information content (AvgIpc) is 1.34. The van der Waals surface area contributed by atoms with Gasteiger partial charge >= 0.3 is 0 Å². The molecule has 5 aliphatic heterocycles. The van der Waals surface area contributed by atoms with E-state index in [4.69, 9.17) is 25.9 Å². The van der Waals surface area contributed by atoms with Gasteiger partial charge in [-0.25, -0.2) is 4.99 Å². The van der Waals surface area contributed by atoms with Crippen LogP contribution in [0.1, 0.15) is 175 Å². The van der Waals surface area contributed by atoms with Gasteiger partial charge in [-0.05, 0) is 197 Å². The number of aromatic hydroxyl groups is 1. The van der Waals surface area contributed by atoms with Crippen LogP contribution < -0.4 is 16.2 Å². The van der Waals surface area contributed by atoms with E-state index in [0.29, 0.717) is 61.8 Å². The molecule has 12 nitrogen and oxygen atoms in total. The fourth-order valence-electron chi connectivity index (χ4n) is 17.4. The van der Waals surface area contributed by atoms with Gasteiger partial charge in [-0.1, -0.05) is 164 Å². The second-order valence-electron chi connectivity index (χ2n) is 27.3. The van der Waals surface area contributed by atoms with E-state index >= 15 is 0 Å². The lowest BCUT2D eigenvalue weighted by Crippen LogP contribution is -2.48. The zero-order chi connectivity index (χ0) is 62.1. The number of guanidine groups is 1. The minimum Gasteiger partial charge on any atom is -0.508 e. The number of hydrogen-bond donors (Lipinski definition) is 7. The Morgan fingerprint density at radius 2 is 1.62 bits per heavy atom. The molecule has 16 rings (SSSR count). The van der Waals surface area contributed by atoms with Crippen molar-refractivity contribution in [3.63, 3.8) is 0 Å². The summed E-state index contributed by atoms with van der Waals surface area (Å²) in [5, 5.41) is 48.5. The summed E-state index contributed by atoms with van der Waals surface area (Å²) in [6.07, 6.45) is 11.7. The number of nitrogens with zero attached hydrogens (tertiary/aromatic N) is 1. The van der Waals surface area contributed by atoms with Crippen molar-refractivity contribution in [1.82, 2.24) is 0 Å². The van der Waals surface area contributed by atoms with Crippen LogP contribution in [0.3, 0.4) is 0 Å². The monoisotopic (exact) mass is 1220 g/mol. The van der Waals surface area contributed by atoms with Gasteiger partial charge in [-0.3, -0.25) is 4.55 Å². The number of fused-ring (bicyclic) bond motifs is 9. The highest BCUT2D eigenvalue weighted by Gasteiger charge is 2.51. The first-order valence-corrected chi connectivity index (χ1v) is 34.0. The summed E-state index contributed by atoms with van der Waals surface area (Å²) in [5.74, 6) is 4.67. The number of allylic oxidation sites excluding steroid dienone is 1. The summed E-state index contributed by atoms with van der Waals surface area (Å²) < 4.78 is 55.6. The normalized spacial score (nSPS) is 29.9. The van der Waals surface area contributed by atoms with Crippen molar-refractivity contribution in [2.75, 3.05) is 6.61 Å². The lowest BCUT2D eigenvalue weighted by atomic mass is 9.64. The van der Waals surface area contributed by atoms with E-state index in [1.54, 1.807) is 12.1 Å². The number of nitrogens with two attached hydrogens (primary N) is 2. The first-order chi connectivity index (χ1) is 43.5. The molecule has 90 heavy (non-hydrogen) atoms. The van der Waals surface area contributed by atoms with Crippen molar-refractivity contribution < 1.29 is 42.9 Å². The summed E-state index contributed by atoms with van der Waals surface area (Å²) in [7, 11) is -4.72. The second kappa shape index (κ2) is 24.3. The van der Waals surface area contributed by atoms with Gasteiger partial charge in [0, 0.05) is 48.0 Å². The summed E-state index contributed by atoms with van der Waals surface area (Å²) in [5.41, 5.74) is 21.6. The number of aliphatic hydroxyl groups excluding tert-OH is 2. The number of phenols is 1. The molecule has 0 spiro atoms. The Bertz CT molecular complexity index is 4110. The van der Waals surface area contributed by atoms with Crippen molar-refractivity contribution in [3.05, 3.63) is 231 Å². The Morgan fingerprint density at radius 3 is 2.40 bits per heavy atom. The number of aryl methyl sites for hydroxylation is 1. The van der Waals surface area contributed by atoms with Gasteiger partial charge in [0.25, 0.3) is 10.1 Å². The number of hydrogen-bond acceptors (Lipinski definition) is 9. The molecule has 15 unspecified atom stereocenters. The molecule has 9 aliphatic rings. The minimum atomic E-state index is -4.72. The fraction of sp³-hybridized carbons (Fsp3) is 0.390. The van der Waals surface area contributed by atoms with E-state index in [1.165, 1.54) is 5.39 Å². The van der Waals surface area contributed by atoms with Crippen LogP contribution in [0.2, 0.25) is 0 Å². The number of phenolic OH excluding ortho intramolecular Hbond substituents is 1. The predicted octanol–water partition coefficient (Wildman–Crippen LogP) is 13.5. The van der Waals surface area contributed by atoms with E-state index in [9.17, 15) is 33.4 Å². The van der Waals surface area contributed by atoms with Crippen LogP contribution in [0.5, 0.6) is 11.5 Å². The molecule has 0 radical (unpaired) electrons. The van der Waals surface area contributed by atoms with Gasteiger partial charge in [-0.15, -0.1) is 0 Å². The van der Waals surface area contributed by atoms with Crippen molar-refractivity contribution >= 4 is 32.9 Å². The third-order valence-corrected chi connectivity index (χ3v) is 23.1. The largest absolute Gasteiger partial charge is 0.508 e. The van der Waals surface area contributed by atoms with Gasteiger partial charge in [0.1, 0.15) is 17.6 Å². The number of rotatable bonds is 11. The highest BCUT2D eigenvalue weighted by Crippen LogP contribution is 2.56. The van der Waals surface area contributed by atoms with E-state index in [2.05, 4.69) is 134 Å². The van der Waals surface area contributed by atoms with Crippen molar-refractivity contribution in [2.45, 2.75) is 149 Å². The quantitative estimate of drug-likeness (QED) is 0.0212. The standard InChI is InChI=1S/C77H81N3O9S/c1-46-18-19-55-39-62-30-33-64(55)68(46)42-70(90(85,86)87)69-41-58-37-57(40-63-36-48(45-81)11-5-15-54-38-61(82)29-32-65(54)74(58)88-63)72(69)52-24-27-59(28-25-52)77(89-62,80-75(78)79)44-60(35-47-9-3-2-4-10-47)76(84)34-8-16-56(43-76)49-20-22-53(23-21-49)73(83)67-31-26-51-13-6-12-50-14-7-17-66(67)71(50)51/h2-4,6-7,9-10,12-14,17,20-33,38-39,41,46,48,56-57,60,63,67-70,72-74,81-84H,8,11,16,18-19,34-37,40,42-45H2,1H3,(H4,78,79,80)(H,85,86,87). The lowest BCUT2D eigenvalue weighted by molar-refractivity contribution is -0.0834. The minimum absolute atomic E-state index is 0.00123. The maximum Gasteiger partial charge on any atom is 0.268 e. The SMILES string of the molecule is CC1CCc2cc3ccc2C1CC(S(=O)(=O)O)C1C=C2CC(CC4CC(CO)CC#Cc5cc(O)ccc5C2O4)C1c1ccc(cc1)C(CC(Cc1ccccc1)C1(O)CCCC(c2ccc(C(O)C4C=Cc5cccc6cccc4c56)cc2)C1)(N=C(N)N)O3. The van der Waals surface area contributed by atoms with Crippen LogP contribution in [-0.4, -0.2) is 62.9 Å². The van der Waals surface area contributed by atoms with E-state index in [0.717, 1.165) is 86.7 Å². The first-order valence-electron chi connectivity index (χ1n) is 32.5. The molecule has 7 aromatic carbocycles. The van der Waals surface area contributed by atoms with E-state index in [1.807, 2.05) is 42.5 Å². The van der Waals surface area contributed by atoms with Crippen LogP contribution in [0.25, 0.3) is 16.8 Å². The van der Waals surface area contributed by atoms with Crippen LogP contribution >= 0.6 is 0 Å². The molecular formula is C77H81N3O9S. The van der Waals surface area contributed by atoms with Gasteiger partial charge in [0.05, 0.1) is 23.1 Å². The predicted molar refractivity (Wildman–Crippen MR) is 352 cm³/mol. The number of benzene rings is 7. The molecule has 0 aromatic heterocycles. The Kier molecular flexibility index (Phi) is 16.2. The van der Waals surface area contributed by atoms with E-state index in [-0.39, 0.29) is 72.8 Å². The lowest BCUT2D eigenvalue weighted by Gasteiger charge is -2.46. The number of aliphatic hydroxyl groups is 3. The van der Waals surface area contributed by atoms with Crippen molar-refractivity contribution in [2.24, 2.45) is 46.0 Å². The zero-order valence-corrected chi connectivity index (χ0v) is 51.8. The highest BCUT2D eigenvalue weighted by atomic mass is 32.2. The Balaban J connectivity index is 0.863. The number of ether oxygens (including phenoxy) is 2. The van der Waals surface area contributed by atoms with E-state index < -0.39 is 56.7 Å². The smallest absolute Gasteiger partial charge is 0.268 e. The topological polar surface area (TPSA) is 218 Å². The zero-order valence-electron chi connectivity index (χ0n) is 51.0. The fourth-order valence-corrected chi connectivity index (χ4v) is 18.5. The van der Waals surface area contributed by atoms with Gasteiger partial charge in [0.15, 0.2) is 5.96 Å². The Morgan fingerprint density at radius 1 is 0.844 bits per heavy atom. The summed E-state index contributed by atoms with van der Waals surface area (Å²) in [4.78, 5) is 5.20. The summed E-state index contributed by atoms with van der Waals surface area (Å²) in [6.45, 7) is 2.09. The molecule has 2 fully saturated rings. The van der Waals surface area contributed by atoms with Gasteiger partial charge in [0.2, 0.25) is 5.72 Å².